The number of hydrogen-bond donors (Lipinski definition) is 2. The predicted octanol–water partition coefficient (Wildman–Crippen LogP) is 3.07. The third-order valence-electron chi connectivity index (χ3n) is 2.82. The summed E-state index contributed by atoms with van der Waals surface area (Å²) in [5, 5.41) is 6.19. The maximum absolute atomic E-state index is 11.8. The van der Waals surface area contributed by atoms with Gasteiger partial charge >= 0.3 is 0 Å². The van der Waals surface area contributed by atoms with Gasteiger partial charge in [-0.1, -0.05) is 6.07 Å². The Morgan fingerprint density at radius 2 is 2.05 bits per heavy atom. The van der Waals surface area contributed by atoms with Crippen LogP contribution in [0.25, 0.3) is 0 Å². The summed E-state index contributed by atoms with van der Waals surface area (Å²) >= 11 is 1.53. The highest BCUT2D eigenvalue weighted by Gasteiger charge is 2.06. The zero-order chi connectivity index (χ0) is 14.2. The van der Waals surface area contributed by atoms with Crippen LogP contribution in [0.5, 0.6) is 0 Å². The third kappa shape index (κ3) is 4.66. The average Bonchev–Trinajstić information content (AvgIpc) is 2.90. The van der Waals surface area contributed by atoms with Gasteiger partial charge in [0.15, 0.2) is 0 Å². The smallest absolute Gasteiger partial charge is 0.261 e. The molecule has 5 heteroatoms. The van der Waals surface area contributed by atoms with E-state index in [1.54, 1.807) is 6.20 Å². The number of hydrogen-bond acceptors (Lipinski definition) is 4. The first kappa shape index (κ1) is 14.5. The van der Waals surface area contributed by atoms with Crippen molar-refractivity contribution in [2.45, 2.75) is 19.8 Å². The van der Waals surface area contributed by atoms with E-state index in [1.807, 2.05) is 37.3 Å². The Bertz CT molecular complexity index is 539. The number of carbonyl (C=O) groups excluding carboxylic acids is 1. The van der Waals surface area contributed by atoms with Crippen molar-refractivity contribution in [2.24, 2.45) is 0 Å². The number of thiophene rings is 1. The lowest BCUT2D eigenvalue weighted by Crippen LogP contribution is -2.23. The van der Waals surface area contributed by atoms with E-state index in [-0.39, 0.29) is 5.91 Å². The summed E-state index contributed by atoms with van der Waals surface area (Å²) < 4.78 is 0. The second kappa shape index (κ2) is 7.65. The summed E-state index contributed by atoms with van der Waals surface area (Å²) in [5.41, 5.74) is 0. The first-order valence-corrected chi connectivity index (χ1v) is 7.57. The monoisotopic (exact) mass is 289 g/mol. The Kier molecular flexibility index (Phi) is 5.55. The molecule has 2 aromatic heterocycles. The number of amides is 1. The predicted molar refractivity (Wildman–Crippen MR) is 83.3 cm³/mol. The lowest BCUT2D eigenvalue weighted by Gasteiger charge is -2.06. The van der Waals surface area contributed by atoms with Gasteiger partial charge < -0.3 is 10.6 Å². The van der Waals surface area contributed by atoms with Crippen molar-refractivity contribution in [2.75, 3.05) is 18.4 Å². The van der Waals surface area contributed by atoms with Gasteiger partial charge in [0.2, 0.25) is 0 Å². The number of pyridine rings is 1. The maximum Gasteiger partial charge on any atom is 0.261 e. The lowest BCUT2D eigenvalue weighted by molar-refractivity contribution is 0.0957. The normalized spacial score (nSPS) is 10.2. The van der Waals surface area contributed by atoms with Crippen LogP contribution in [0.1, 0.15) is 27.4 Å². The first-order valence-electron chi connectivity index (χ1n) is 6.75. The van der Waals surface area contributed by atoms with Crippen molar-refractivity contribution in [3.05, 3.63) is 46.3 Å². The van der Waals surface area contributed by atoms with Crippen molar-refractivity contribution in [3.63, 3.8) is 0 Å². The van der Waals surface area contributed by atoms with Gasteiger partial charge in [-0.15, -0.1) is 11.3 Å². The average molecular weight is 289 g/mol. The molecule has 4 nitrogen and oxygen atoms in total. The van der Waals surface area contributed by atoms with Gasteiger partial charge in [0.25, 0.3) is 5.91 Å². The molecule has 0 aliphatic rings. The van der Waals surface area contributed by atoms with Gasteiger partial charge in [-0.05, 0) is 44.0 Å². The lowest BCUT2D eigenvalue weighted by atomic mass is 10.3. The molecule has 0 bridgehead atoms. The zero-order valence-electron chi connectivity index (χ0n) is 11.6. The number of nitrogens with zero attached hydrogens (tertiary/aromatic N) is 1. The molecule has 2 rings (SSSR count). The molecule has 0 aliphatic carbocycles. The fourth-order valence-electron chi connectivity index (χ4n) is 1.78. The number of unbranched alkanes of at least 4 members (excludes halogenated alkanes) is 1. The minimum absolute atomic E-state index is 0.0285. The second-order valence-corrected chi connectivity index (χ2v) is 5.80. The van der Waals surface area contributed by atoms with E-state index in [0.717, 1.165) is 35.0 Å². The number of aromatic nitrogens is 1. The van der Waals surface area contributed by atoms with E-state index in [0.29, 0.717) is 6.54 Å². The molecule has 0 aliphatic heterocycles. The zero-order valence-corrected chi connectivity index (χ0v) is 12.4. The van der Waals surface area contributed by atoms with Gasteiger partial charge in [-0.2, -0.15) is 0 Å². The summed E-state index contributed by atoms with van der Waals surface area (Å²) in [6, 6.07) is 9.64. The Labute approximate surface area is 123 Å². The van der Waals surface area contributed by atoms with E-state index < -0.39 is 0 Å². The van der Waals surface area contributed by atoms with Crippen LogP contribution in [0.2, 0.25) is 0 Å². The molecule has 20 heavy (non-hydrogen) atoms. The van der Waals surface area contributed by atoms with Gasteiger partial charge in [-0.3, -0.25) is 4.79 Å². The Morgan fingerprint density at radius 3 is 2.75 bits per heavy atom. The quantitative estimate of drug-likeness (QED) is 0.770. The molecular weight excluding hydrogens is 270 g/mol. The molecule has 1 amide bonds. The van der Waals surface area contributed by atoms with Crippen molar-refractivity contribution in [1.29, 1.82) is 0 Å². The van der Waals surface area contributed by atoms with Gasteiger partial charge in [0.1, 0.15) is 5.82 Å². The summed E-state index contributed by atoms with van der Waals surface area (Å²) in [5.74, 6) is 0.923. The number of rotatable bonds is 7. The molecule has 0 radical (unpaired) electrons. The van der Waals surface area contributed by atoms with Crippen molar-refractivity contribution in [1.82, 2.24) is 10.3 Å². The molecule has 2 aromatic rings. The fraction of sp³-hybridized carbons (Fsp3) is 0.333. The highest BCUT2D eigenvalue weighted by molar-refractivity contribution is 7.13. The van der Waals surface area contributed by atoms with E-state index in [4.69, 9.17) is 0 Å². The van der Waals surface area contributed by atoms with Crippen LogP contribution in [0.3, 0.4) is 0 Å². The Hall–Kier alpha value is -1.88. The van der Waals surface area contributed by atoms with Gasteiger partial charge in [0.05, 0.1) is 4.88 Å². The van der Waals surface area contributed by atoms with Crippen LogP contribution in [0.4, 0.5) is 5.82 Å². The molecule has 0 unspecified atom stereocenters. The van der Waals surface area contributed by atoms with Crippen molar-refractivity contribution >= 4 is 23.1 Å². The maximum atomic E-state index is 11.8. The van der Waals surface area contributed by atoms with E-state index in [2.05, 4.69) is 15.6 Å². The molecule has 106 valence electrons. The number of nitrogens with one attached hydrogen (secondary N) is 2. The van der Waals surface area contributed by atoms with Crippen LogP contribution in [0.15, 0.2) is 36.5 Å². The Balaban J connectivity index is 1.57. The SMILES string of the molecule is Cc1ccc(C(=O)NCCCCNc2ccccn2)s1. The minimum atomic E-state index is 0.0285. The Morgan fingerprint density at radius 1 is 1.20 bits per heavy atom. The summed E-state index contributed by atoms with van der Waals surface area (Å²) in [4.78, 5) is 17.9. The van der Waals surface area contributed by atoms with Crippen LogP contribution in [-0.4, -0.2) is 24.0 Å². The molecule has 0 saturated carbocycles. The first-order chi connectivity index (χ1) is 9.75. The minimum Gasteiger partial charge on any atom is -0.370 e. The number of aryl methyl sites for hydroxylation is 1. The van der Waals surface area contributed by atoms with Crippen LogP contribution >= 0.6 is 11.3 Å². The third-order valence-corrected chi connectivity index (χ3v) is 3.82. The topological polar surface area (TPSA) is 54.0 Å². The van der Waals surface area contributed by atoms with Gasteiger partial charge in [0, 0.05) is 24.2 Å². The molecule has 0 spiro atoms. The van der Waals surface area contributed by atoms with Crippen LogP contribution in [-0.2, 0) is 0 Å². The molecule has 0 fully saturated rings. The van der Waals surface area contributed by atoms with E-state index in [9.17, 15) is 4.79 Å². The molecule has 0 aromatic carbocycles. The largest absolute Gasteiger partial charge is 0.370 e. The van der Waals surface area contributed by atoms with E-state index >= 15 is 0 Å². The van der Waals surface area contributed by atoms with E-state index in [1.165, 1.54) is 11.3 Å². The summed E-state index contributed by atoms with van der Waals surface area (Å²) in [6.07, 6.45) is 3.72. The van der Waals surface area contributed by atoms with Crippen LogP contribution < -0.4 is 10.6 Å². The fourth-order valence-corrected chi connectivity index (χ4v) is 2.56. The molecule has 2 heterocycles. The van der Waals surface area contributed by atoms with Gasteiger partial charge in [-0.25, -0.2) is 4.98 Å². The number of anilines is 1. The highest BCUT2D eigenvalue weighted by Crippen LogP contribution is 2.14. The second-order valence-electron chi connectivity index (χ2n) is 4.52. The standard InChI is InChI=1S/C15H19N3OS/c1-12-7-8-13(20-12)15(19)18-11-5-4-10-17-14-6-2-3-9-16-14/h2-3,6-9H,4-5,10-11H2,1H3,(H,16,17)(H,18,19). The number of carbonyl (C=O) groups is 1. The van der Waals surface area contributed by atoms with Crippen molar-refractivity contribution in [3.8, 4) is 0 Å². The molecular formula is C15H19N3OS. The van der Waals surface area contributed by atoms with Crippen LogP contribution in [0, 0.1) is 6.92 Å². The molecule has 2 N–H and O–H groups in total. The summed E-state index contributed by atoms with van der Waals surface area (Å²) in [7, 11) is 0. The highest BCUT2D eigenvalue weighted by atomic mass is 32.1. The van der Waals surface area contributed by atoms with Crippen molar-refractivity contribution < 1.29 is 4.79 Å². The molecule has 0 saturated heterocycles. The molecule has 0 atom stereocenters. The summed E-state index contributed by atoms with van der Waals surface area (Å²) in [6.45, 7) is 3.58.